The average Bonchev–Trinajstić information content (AvgIpc) is 3.06. The lowest BCUT2D eigenvalue weighted by molar-refractivity contribution is 0.0258. The maximum atomic E-state index is 13.9. The van der Waals surface area contributed by atoms with Gasteiger partial charge >= 0.3 is 0 Å². The van der Waals surface area contributed by atoms with Gasteiger partial charge in [0.25, 0.3) is 5.91 Å². The van der Waals surface area contributed by atoms with Gasteiger partial charge in [0.15, 0.2) is 0 Å². The van der Waals surface area contributed by atoms with Crippen LogP contribution in [0.4, 0.5) is 18.9 Å². The second kappa shape index (κ2) is 8.81. The average molecular weight is 549 g/mol. The van der Waals surface area contributed by atoms with Crippen LogP contribution in [-0.2, 0) is 25.1 Å². The Kier molecular flexibility index (Phi) is 5.88. The number of aromatic nitrogens is 5. The van der Waals surface area contributed by atoms with E-state index in [4.69, 9.17) is 11.6 Å². The third-order valence-electron chi connectivity index (χ3n) is 8.62. The second-order valence-electron chi connectivity index (χ2n) is 11.1. The predicted octanol–water partition coefficient (Wildman–Crippen LogP) is 4.68. The van der Waals surface area contributed by atoms with Gasteiger partial charge in [-0.2, -0.15) is 15.0 Å². The van der Waals surface area contributed by atoms with Crippen molar-refractivity contribution in [2.75, 3.05) is 5.32 Å². The van der Waals surface area contributed by atoms with Crippen LogP contribution in [0.15, 0.2) is 24.5 Å². The Morgan fingerprint density at radius 1 is 1.16 bits per heavy atom. The first-order valence-corrected chi connectivity index (χ1v) is 13.1. The van der Waals surface area contributed by atoms with Crippen molar-refractivity contribution >= 4 is 23.2 Å². The number of aryl methyl sites for hydroxylation is 2. The largest absolute Gasteiger partial charge is 0.383 e. The van der Waals surface area contributed by atoms with Crippen LogP contribution in [0.1, 0.15) is 72.0 Å². The van der Waals surface area contributed by atoms with Crippen molar-refractivity contribution in [3.63, 3.8) is 0 Å². The maximum absolute atomic E-state index is 13.9. The molecule has 6 rings (SSSR count). The molecule has 3 fully saturated rings. The summed E-state index contributed by atoms with van der Waals surface area (Å²) in [7, 11) is 3.33. The molecule has 8 nitrogen and oxygen atoms in total. The van der Waals surface area contributed by atoms with E-state index in [-0.39, 0.29) is 34.4 Å². The Bertz CT molecular complexity index is 1400. The molecule has 2 atom stereocenters. The van der Waals surface area contributed by atoms with Gasteiger partial charge in [0, 0.05) is 25.7 Å². The molecule has 0 spiro atoms. The third-order valence-corrected chi connectivity index (χ3v) is 8.91. The zero-order valence-electron chi connectivity index (χ0n) is 21.0. The molecule has 2 heterocycles. The molecular weight excluding hydrogens is 521 g/mol. The molecule has 2 N–H and O–H groups in total. The summed E-state index contributed by atoms with van der Waals surface area (Å²) in [6.07, 6.45) is 1.96. The van der Waals surface area contributed by atoms with Crippen molar-refractivity contribution in [2.45, 2.75) is 61.9 Å². The molecule has 2 aromatic heterocycles. The standard InChI is InChI=1S/C26H28ClF3N6O2/c1-35-12-31-19(20(35)23(37)32-16-3-4-18(28)17(27)9-16)13-7-14-10-26(38,11-15(14)8-13)22-21(33-36(2)34-22)25(5-6-25)24(29)30/h3-4,9,12-15,24,38H,5-8,10-11H2,1-2H3,(H,32,37). The fourth-order valence-corrected chi connectivity index (χ4v) is 6.80. The topological polar surface area (TPSA) is 97.9 Å². The molecule has 12 heteroatoms. The van der Waals surface area contributed by atoms with Gasteiger partial charge in [0.1, 0.15) is 28.5 Å². The lowest BCUT2D eigenvalue weighted by Gasteiger charge is -2.25. The molecule has 1 amide bonds. The zero-order chi connectivity index (χ0) is 27.0. The molecule has 0 radical (unpaired) electrons. The minimum Gasteiger partial charge on any atom is -0.383 e. The molecule has 1 aromatic carbocycles. The predicted molar refractivity (Wildman–Crippen MR) is 133 cm³/mol. The van der Waals surface area contributed by atoms with Crippen molar-refractivity contribution in [2.24, 2.45) is 25.9 Å². The molecule has 0 aliphatic heterocycles. The number of alkyl halides is 2. The zero-order valence-corrected chi connectivity index (χ0v) is 21.7. The minimum absolute atomic E-state index is 0.00507. The van der Waals surface area contributed by atoms with E-state index in [9.17, 15) is 23.1 Å². The Morgan fingerprint density at radius 3 is 2.42 bits per heavy atom. The van der Waals surface area contributed by atoms with Crippen LogP contribution in [0.25, 0.3) is 0 Å². The highest BCUT2D eigenvalue weighted by Crippen LogP contribution is 2.60. The van der Waals surface area contributed by atoms with Crippen LogP contribution in [-0.4, -0.2) is 42.0 Å². The van der Waals surface area contributed by atoms with Crippen LogP contribution >= 0.6 is 11.6 Å². The summed E-state index contributed by atoms with van der Waals surface area (Å²) in [6.45, 7) is 0. The summed E-state index contributed by atoms with van der Waals surface area (Å²) in [6, 6.07) is 3.99. The van der Waals surface area contributed by atoms with E-state index in [1.165, 1.54) is 23.0 Å². The van der Waals surface area contributed by atoms with E-state index in [0.29, 0.717) is 61.3 Å². The Balaban J connectivity index is 1.20. The van der Waals surface area contributed by atoms with Crippen LogP contribution in [0, 0.1) is 17.7 Å². The molecule has 2 unspecified atom stereocenters. The van der Waals surface area contributed by atoms with Crippen LogP contribution in [0.2, 0.25) is 5.02 Å². The molecule has 3 aliphatic carbocycles. The number of halogens is 4. The molecule has 0 saturated heterocycles. The Hall–Kier alpha value is -2.92. The number of nitrogens with zero attached hydrogens (tertiary/aromatic N) is 5. The van der Waals surface area contributed by atoms with E-state index in [1.807, 2.05) is 0 Å². The van der Waals surface area contributed by atoms with Gasteiger partial charge in [-0.05, 0) is 68.6 Å². The number of imidazole rings is 1. The molecule has 3 saturated carbocycles. The summed E-state index contributed by atoms with van der Waals surface area (Å²) in [5, 5.41) is 23.0. The van der Waals surface area contributed by atoms with Crippen molar-refractivity contribution in [1.29, 1.82) is 0 Å². The number of anilines is 1. The number of aliphatic hydroxyl groups is 1. The fraction of sp³-hybridized carbons (Fsp3) is 0.538. The Labute approximate surface area is 222 Å². The van der Waals surface area contributed by atoms with Gasteiger partial charge in [-0.15, -0.1) is 0 Å². The monoisotopic (exact) mass is 548 g/mol. The van der Waals surface area contributed by atoms with E-state index in [1.54, 1.807) is 25.0 Å². The molecule has 3 aromatic rings. The number of carbonyl (C=O) groups excluding carboxylic acids is 1. The SMILES string of the molecule is Cn1nc(C2(O)CC3CC(c4ncn(C)c4C(=O)Nc4ccc(F)c(Cl)c4)CC3C2)c(C2(C(F)F)CC2)n1. The number of carbonyl (C=O) groups is 1. The Morgan fingerprint density at radius 2 is 1.82 bits per heavy atom. The highest BCUT2D eigenvalue weighted by molar-refractivity contribution is 6.31. The summed E-state index contributed by atoms with van der Waals surface area (Å²) >= 11 is 5.85. The number of hydrogen-bond acceptors (Lipinski definition) is 5. The third kappa shape index (κ3) is 4.02. The van der Waals surface area contributed by atoms with E-state index in [0.717, 1.165) is 0 Å². The van der Waals surface area contributed by atoms with Gasteiger partial charge in [0.05, 0.1) is 22.5 Å². The smallest absolute Gasteiger partial charge is 0.274 e. The molecule has 0 bridgehead atoms. The van der Waals surface area contributed by atoms with Crippen molar-refractivity contribution in [3.8, 4) is 0 Å². The van der Waals surface area contributed by atoms with Crippen molar-refractivity contribution in [3.05, 3.63) is 58.1 Å². The normalized spacial score (nSPS) is 27.6. The molecular formula is C26H28ClF3N6O2. The van der Waals surface area contributed by atoms with E-state index < -0.39 is 23.3 Å². The number of amides is 1. The first-order chi connectivity index (χ1) is 18.0. The number of benzene rings is 1. The quantitative estimate of drug-likeness (QED) is 0.466. The van der Waals surface area contributed by atoms with Crippen molar-refractivity contribution in [1.82, 2.24) is 24.5 Å². The van der Waals surface area contributed by atoms with Crippen molar-refractivity contribution < 1.29 is 23.1 Å². The first kappa shape index (κ1) is 25.4. The number of rotatable bonds is 6. The van der Waals surface area contributed by atoms with Crippen LogP contribution in [0.3, 0.4) is 0 Å². The number of nitrogens with one attached hydrogen (secondary N) is 1. The molecule has 3 aliphatic rings. The van der Waals surface area contributed by atoms with Gasteiger partial charge in [0.2, 0.25) is 6.43 Å². The van der Waals surface area contributed by atoms with Gasteiger partial charge in [-0.3, -0.25) is 4.79 Å². The summed E-state index contributed by atoms with van der Waals surface area (Å²) in [5.74, 6) is -0.670. The number of fused-ring (bicyclic) bond motifs is 1. The summed E-state index contributed by atoms with van der Waals surface area (Å²) in [5.41, 5.74) is -0.622. The van der Waals surface area contributed by atoms with E-state index in [2.05, 4.69) is 20.5 Å². The first-order valence-electron chi connectivity index (χ1n) is 12.7. The summed E-state index contributed by atoms with van der Waals surface area (Å²) in [4.78, 5) is 19.0. The molecule has 202 valence electrons. The maximum Gasteiger partial charge on any atom is 0.274 e. The minimum atomic E-state index is -2.55. The highest BCUT2D eigenvalue weighted by Gasteiger charge is 2.60. The van der Waals surface area contributed by atoms with Gasteiger partial charge in [-0.1, -0.05) is 11.6 Å². The fourth-order valence-electron chi connectivity index (χ4n) is 6.62. The highest BCUT2D eigenvalue weighted by atomic mass is 35.5. The lowest BCUT2D eigenvalue weighted by atomic mass is 9.86. The second-order valence-corrected chi connectivity index (χ2v) is 11.6. The lowest BCUT2D eigenvalue weighted by Crippen LogP contribution is -2.29. The molecule has 38 heavy (non-hydrogen) atoms. The van der Waals surface area contributed by atoms with Crippen LogP contribution in [0.5, 0.6) is 0 Å². The van der Waals surface area contributed by atoms with Crippen LogP contribution < -0.4 is 5.32 Å². The number of hydrogen-bond donors (Lipinski definition) is 2. The van der Waals surface area contributed by atoms with Gasteiger partial charge in [-0.25, -0.2) is 18.2 Å². The summed E-state index contributed by atoms with van der Waals surface area (Å²) < 4.78 is 43.0. The van der Waals surface area contributed by atoms with Gasteiger partial charge < -0.3 is 15.0 Å². The van der Waals surface area contributed by atoms with E-state index >= 15 is 0 Å².